The van der Waals surface area contributed by atoms with Gasteiger partial charge in [0.2, 0.25) is 0 Å². The fourth-order valence-corrected chi connectivity index (χ4v) is 1.65. The van der Waals surface area contributed by atoms with E-state index in [4.69, 9.17) is 21.4 Å². The summed E-state index contributed by atoms with van der Waals surface area (Å²) in [5, 5.41) is 11.8. The van der Waals surface area contributed by atoms with Crippen molar-refractivity contribution in [1.82, 2.24) is 9.97 Å². The number of amides is 1. The van der Waals surface area contributed by atoms with Crippen molar-refractivity contribution in [3.8, 4) is 5.75 Å². The quantitative estimate of drug-likeness (QED) is 0.896. The summed E-state index contributed by atoms with van der Waals surface area (Å²) in [4.78, 5) is 30.7. The number of anilines is 1. The van der Waals surface area contributed by atoms with Gasteiger partial charge in [-0.05, 0) is 18.2 Å². The van der Waals surface area contributed by atoms with Gasteiger partial charge in [-0.15, -0.1) is 0 Å². The largest absolute Gasteiger partial charge is 0.497 e. The molecule has 0 aliphatic rings. The third-order valence-electron chi connectivity index (χ3n) is 2.56. The number of hydrogen-bond acceptors (Lipinski definition) is 5. The van der Waals surface area contributed by atoms with E-state index in [1.165, 1.54) is 37.7 Å². The Bertz CT molecular complexity index is 688. The van der Waals surface area contributed by atoms with E-state index in [9.17, 15) is 9.59 Å². The number of carboxylic acids is 1. The minimum Gasteiger partial charge on any atom is -0.497 e. The first-order chi connectivity index (χ1) is 10.0. The van der Waals surface area contributed by atoms with Crippen LogP contribution in [0.3, 0.4) is 0 Å². The summed E-state index contributed by atoms with van der Waals surface area (Å²) in [5.74, 6) is -1.41. The third-order valence-corrected chi connectivity index (χ3v) is 2.75. The zero-order valence-corrected chi connectivity index (χ0v) is 11.6. The lowest BCUT2D eigenvalue weighted by Gasteiger charge is -2.09. The summed E-state index contributed by atoms with van der Waals surface area (Å²) in [6.07, 6.45) is 2.42. The summed E-state index contributed by atoms with van der Waals surface area (Å²) in [6.45, 7) is 0. The molecule has 8 heteroatoms. The second-order valence-corrected chi connectivity index (χ2v) is 4.28. The summed E-state index contributed by atoms with van der Waals surface area (Å²) >= 11 is 5.58. The van der Waals surface area contributed by atoms with E-state index >= 15 is 0 Å². The van der Waals surface area contributed by atoms with Crippen LogP contribution in [0.25, 0.3) is 0 Å². The minimum atomic E-state index is -1.19. The molecule has 0 saturated heterocycles. The fourth-order valence-electron chi connectivity index (χ4n) is 1.55. The molecule has 2 rings (SSSR count). The molecule has 21 heavy (non-hydrogen) atoms. The molecule has 2 aromatic rings. The number of rotatable bonds is 4. The van der Waals surface area contributed by atoms with Gasteiger partial charge in [0.1, 0.15) is 16.6 Å². The van der Waals surface area contributed by atoms with E-state index < -0.39 is 11.9 Å². The molecule has 0 saturated carbocycles. The smallest absolute Gasteiger partial charge is 0.337 e. The van der Waals surface area contributed by atoms with Gasteiger partial charge >= 0.3 is 5.97 Å². The molecule has 0 aliphatic heterocycles. The summed E-state index contributed by atoms with van der Waals surface area (Å²) in [5.41, 5.74) is 0.0567. The van der Waals surface area contributed by atoms with Crippen LogP contribution in [0.15, 0.2) is 30.6 Å². The van der Waals surface area contributed by atoms with Crippen LogP contribution in [0.5, 0.6) is 5.75 Å². The number of hydrogen-bond donors (Lipinski definition) is 2. The fraction of sp³-hybridized carbons (Fsp3) is 0.0769. The average Bonchev–Trinajstić information content (AvgIpc) is 2.48. The van der Waals surface area contributed by atoms with Gasteiger partial charge in [0.15, 0.2) is 0 Å². The number of aromatic carboxylic acids is 1. The van der Waals surface area contributed by atoms with Gasteiger partial charge in [0, 0.05) is 0 Å². The van der Waals surface area contributed by atoms with Crippen LogP contribution in [0, 0.1) is 0 Å². The molecular formula is C13H10ClN3O4. The number of carbonyl (C=O) groups is 2. The molecule has 0 bridgehead atoms. The monoisotopic (exact) mass is 307 g/mol. The Kier molecular flexibility index (Phi) is 4.34. The molecule has 0 radical (unpaired) electrons. The molecule has 1 amide bonds. The number of methoxy groups -OCH3 is 1. The normalized spacial score (nSPS) is 10.0. The van der Waals surface area contributed by atoms with Gasteiger partial charge in [0.05, 0.1) is 30.8 Å². The lowest BCUT2D eigenvalue weighted by Crippen LogP contribution is -2.16. The number of nitrogens with zero attached hydrogens (tertiary/aromatic N) is 2. The van der Waals surface area contributed by atoms with Crippen LogP contribution in [-0.2, 0) is 0 Å². The van der Waals surface area contributed by atoms with Crippen molar-refractivity contribution in [2.24, 2.45) is 0 Å². The Morgan fingerprint density at radius 3 is 2.62 bits per heavy atom. The first-order valence-corrected chi connectivity index (χ1v) is 6.09. The van der Waals surface area contributed by atoms with Crippen molar-refractivity contribution in [2.45, 2.75) is 0 Å². The lowest BCUT2D eigenvalue weighted by molar-refractivity contribution is 0.0697. The predicted octanol–water partition coefficient (Wildman–Crippen LogP) is 2.09. The molecule has 1 aromatic heterocycles. The van der Waals surface area contributed by atoms with E-state index in [-0.39, 0.29) is 22.1 Å². The first kappa shape index (κ1) is 14.7. The number of nitrogens with one attached hydrogen (secondary N) is 1. The van der Waals surface area contributed by atoms with Crippen molar-refractivity contribution in [3.05, 3.63) is 47.0 Å². The topological polar surface area (TPSA) is 101 Å². The van der Waals surface area contributed by atoms with Gasteiger partial charge in [-0.3, -0.25) is 4.79 Å². The third kappa shape index (κ3) is 3.46. The Morgan fingerprint density at radius 2 is 2.05 bits per heavy atom. The lowest BCUT2D eigenvalue weighted by atomic mass is 10.1. The number of ether oxygens (including phenoxy) is 1. The second-order valence-electron chi connectivity index (χ2n) is 3.90. The van der Waals surface area contributed by atoms with Gasteiger partial charge in [0.25, 0.3) is 5.91 Å². The maximum atomic E-state index is 12.0. The minimum absolute atomic E-state index is 0.0200. The number of benzene rings is 1. The summed E-state index contributed by atoms with van der Waals surface area (Å²) in [7, 11) is 1.42. The number of carboxylic acid groups (broad SMARTS) is 1. The van der Waals surface area contributed by atoms with Crippen LogP contribution in [0.2, 0.25) is 5.15 Å². The molecule has 1 heterocycles. The average molecular weight is 308 g/mol. The van der Waals surface area contributed by atoms with Gasteiger partial charge in [-0.25, -0.2) is 14.8 Å². The molecule has 108 valence electrons. The number of carbonyl (C=O) groups excluding carboxylic acids is 1. The van der Waals surface area contributed by atoms with Crippen LogP contribution in [-0.4, -0.2) is 34.1 Å². The van der Waals surface area contributed by atoms with Crippen molar-refractivity contribution in [3.63, 3.8) is 0 Å². The second kappa shape index (κ2) is 6.19. The van der Waals surface area contributed by atoms with Crippen molar-refractivity contribution in [1.29, 1.82) is 0 Å². The number of aromatic nitrogens is 2. The van der Waals surface area contributed by atoms with E-state index in [0.29, 0.717) is 5.75 Å². The molecule has 0 spiro atoms. The van der Waals surface area contributed by atoms with E-state index in [1.54, 1.807) is 0 Å². The van der Waals surface area contributed by atoms with Gasteiger partial charge < -0.3 is 15.2 Å². The summed E-state index contributed by atoms with van der Waals surface area (Å²) in [6, 6.07) is 4.28. The first-order valence-electron chi connectivity index (χ1n) is 5.71. The highest BCUT2D eigenvalue weighted by Crippen LogP contribution is 2.22. The Morgan fingerprint density at radius 1 is 1.29 bits per heavy atom. The molecule has 0 unspecified atom stereocenters. The highest BCUT2D eigenvalue weighted by atomic mass is 35.5. The predicted molar refractivity (Wildman–Crippen MR) is 74.9 cm³/mol. The molecule has 7 nitrogen and oxygen atoms in total. The summed E-state index contributed by atoms with van der Waals surface area (Å²) < 4.78 is 4.95. The molecule has 0 fully saturated rings. The SMILES string of the molecule is COc1ccc(NC(=O)c2cnc(Cl)cn2)c(C(=O)O)c1. The van der Waals surface area contributed by atoms with Gasteiger partial charge in [-0.2, -0.15) is 0 Å². The zero-order valence-electron chi connectivity index (χ0n) is 10.8. The molecular weight excluding hydrogens is 298 g/mol. The molecule has 0 aliphatic carbocycles. The molecule has 0 atom stereocenters. The number of halogens is 1. The van der Waals surface area contributed by atoms with E-state index in [0.717, 1.165) is 0 Å². The maximum absolute atomic E-state index is 12.0. The maximum Gasteiger partial charge on any atom is 0.337 e. The van der Waals surface area contributed by atoms with Crippen molar-refractivity contribution >= 4 is 29.2 Å². The van der Waals surface area contributed by atoms with Crippen LogP contribution in [0.1, 0.15) is 20.8 Å². The van der Waals surface area contributed by atoms with Crippen LogP contribution < -0.4 is 10.1 Å². The Hall–Kier alpha value is -2.67. The molecule has 1 aromatic carbocycles. The Labute approximate surface area is 124 Å². The highest BCUT2D eigenvalue weighted by Gasteiger charge is 2.15. The van der Waals surface area contributed by atoms with Crippen LogP contribution >= 0.6 is 11.6 Å². The Balaban J connectivity index is 2.28. The van der Waals surface area contributed by atoms with Crippen molar-refractivity contribution < 1.29 is 19.4 Å². The van der Waals surface area contributed by atoms with Crippen molar-refractivity contribution in [2.75, 3.05) is 12.4 Å². The zero-order chi connectivity index (χ0) is 15.4. The van der Waals surface area contributed by atoms with Crippen LogP contribution in [0.4, 0.5) is 5.69 Å². The van der Waals surface area contributed by atoms with E-state index in [2.05, 4.69) is 15.3 Å². The van der Waals surface area contributed by atoms with Gasteiger partial charge in [-0.1, -0.05) is 11.6 Å². The standard InChI is InChI=1S/C13H10ClN3O4/c1-21-7-2-3-9(8(4-7)13(19)20)17-12(18)10-5-16-11(14)6-15-10/h2-6H,1H3,(H,17,18)(H,19,20). The molecule has 2 N–H and O–H groups in total. The van der Waals surface area contributed by atoms with E-state index in [1.807, 2.05) is 0 Å². The highest BCUT2D eigenvalue weighted by molar-refractivity contribution is 6.29.